The molecular weight excluding hydrogens is 367 g/mol. The van der Waals surface area contributed by atoms with Crippen molar-refractivity contribution < 1.29 is 9.18 Å². The highest BCUT2D eigenvalue weighted by Gasteiger charge is 2.21. The maximum absolute atomic E-state index is 13.6. The summed E-state index contributed by atoms with van der Waals surface area (Å²) in [5.41, 5.74) is 0.687. The first kappa shape index (κ1) is 17.8. The van der Waals surface area contributed by atoms with E-state index in [0.29, 0.717) is 18.5 Å². The maximum Gasteiger partial charge on any atom is 0.238 e. The molecule has 1 fully saturated rings. The van der Waals surface area contributed by atoms with E-state index in [1.54, 1.807) is 17.8 Å². The van der Waals surface area contributed by atoms with Gasteiger partial charge in [-0.15, -0.1) is 24.2 Å². The molecule has 1 aliphatic heterocycles. The lowest BCUT2D eigenvalue weighted by atomic mass is 10.1. The molecule has 7 heteroatoms. The van der Waals surface area contributed by atoms with Gasteiger partial charge in [0.05, 0.1) is 6.04 Å². The van der Waals surface area contributed by atoms with Crippen molar-refractivity contribution in [1.29, 1.82) is 0 Å². The van der Waals surface area contributed by atoms with E-state index in [9.17, 15) is 9.18 Å². The highest BCUT2D eigenvalue weighted by atomic mass is 79.9. The second kappa shape index (κ2) is 8.87. The van der Waals surface area contributed by atoms with Gasteiger partial charge in [-0.25, -0.2) is 4.39 Å². The van der Waals surface area contributed by atoms with Crippen molar-refractivity contribution in [2.45, 2.75) is 18.9 Å². The van der Waals surface area contributed by atoms with Gasteiger partial charge in [0.1, 0.15) is 5.82 Å². The van der Waals surface area contributed by atoms with E-state index < -0.39 is 0 Å². The number of carbonyl (C=O) groups is 1. The molecule has 1 atom stereocenters. The molecule has 0 radical (unpaired) electrons. The van der Waals surface area contributed by atoms with E-state index in [1.165, 1.54) is 6.07 Å². The number of thioether (sulfide) groups is 1. The lowest BCUT2D eigenvalue weighted by Crippen LogP contribution is -2.42. The zero-order valence-corrected chi connectivity index (χ0v) is 14.0. The molecule has 3 nitrogen and oxygen atoms in total. The zero-order chi connectivity index (χ0) is 13.7. The van der Waals surface area contributed by atoms with Crippen LogP contribution in [0.15, 0.2) is 22.7 Å². The normalized spacial score (nSPS) is 17.6. The average molecular weight is 384 g/mol. The molecule has 1 aromatic carbocycles. The Hall–Kier alpha value is -0.300. The Bertz CT molecular complexity index is 458. The minimum absolute atomic E-state index is 0. The number of aryl methyl sites for hydroxylation is 1. The van der Waals surface area contributed by atoms with Crippen LogP contribution in [-0.4, -0.2) is 30.1 Å². The summed E-state index contributed by atoms with van der Waals surface area (Å²) in [5, 5.41) is 6.00. The number of hydrogen-bond donors (Lipinski definition) is 2. The van der Waals surface area contributed by atoms with Gasteiger partial charge in [-0.3, -0.25) is 10.1 Å². The third-order valence-electron chi connectivity index (χ3n) is 2.97. The van der Waals surface area contributed by atoms with Gasteiger partial charge in [0.25, 0.3) is 0 Å². The quantitative estimate of drug-likeness (QED) is 0.768. The molecule has 2 N–H and O–H groups in total. The number of carbonyl (C=O) groups excluding carboxylic acids is 1. The van der Waals surface area contributed by atoms with Crippen LogP contribution in [0.25, 0.3) is 0 Å². The fourth-order valence-electron chi connectivity index (χ4n) is 1.90. The van der Waals surface area contributed by atoms with Crippen LogP contribution in [0.1, 0.15) is 12.0 Å². The van der Waals surface area contributed by atoms with Crippen molar-refractivity contribution in [2.24, 2.45) is 0 Å². The molecule has 112 valence electrons. The highest BCUT2D eigenvalue weighted by molar-refractivity contribution is 9.10. The average Bonchev–Trinajstić information content (AvgIpc) is 2.90. The first-order valence-electron chi connectivity index (χ1n) is 6.19. The number of rotatable bonds is 5. The van der Waals surface area contributed by atoms with Crippen LogP contribution >= 0.6 is 40.1 Å². The molecule has 0 spiro atoms. The van der Waals surface area contributed by atoms with Crippen LogP contribution in [0, 0.1) is 5.82 Å². The first-order chi connectivity index (χ1) is 9.16. The van der Waals surface area contributed by atoms with Crippen molar-refractivity contribution in [1.82, 2.24) is 10.6 Å². The van der Waals surface area contributed by atoms with Crippen LogP contribution in [0.3, 0.4) is 0 Å². The van der Waals surface area contributed by atoms with Gasteiger partial charge in [0.15, 0.2) is 0 Å². The Morgan fingerprint density at radius 3 is 3.00 bits per heavy atom. The predicted octanol–water partition coefficient (Wildman–Crippen LogP) is 2.72. The molecular formula is C13H17BrClFN2OS. The molecule has 2 rings (SSSR count). The second-order valence-electron chi connectivity index (χ2n) is 4.40. The number of nitrogens with one attached hydrogen (secondary N) is 2. The van der Waals surface area contributed by atoms with Crippen molar-refractivity contribution in [3.05, 3.63) is 34.1 Å². The van der Waals surface area contributed by atoms with Crippen LogP contribution in [0.2, 0.25) is 0 Å². The summed E-state index contributed by atoms with van der Waals surface area (Å²) in [6, 6.07) is 5.00. The summed E-state index contributed by atoms with van der Waals surface area (Å²) in [5.74, 6) is 1.51. The smallest absolute Gasteiger partial charge is 0.238 e. The van der Waals surface area contributed by atoms with E-state index in [1.807, 2.05) is 6.07 Å². The molecule has 0 saturated carbocycles. The molecule has 1 unspecified atom stereocenters. The fraction of sp³-hybridized carbons (Fsp3) is 0.462. The molecule has 0 aliphatic carbocycles. The number of halogens is 3. The lowest BCUT2D eigenvalue weighted by Gasteiger charge is -2.10. The van der Waals surface area contributed by atoms with Crippen molar-refractivity contribution in [2.75, 3.05) is 18.2 Å². The van der Waals surface area contributed by atoms with Gasteiger partial charge in [0.2, 0.25) is 5.91 Å². The topological polar surface area (TPSA) is 41.1 Å². The summed E-state index contributed by atoms with van der Waals surface area (Å²) in [7, 11) is 0. The van der Waals surface area contributed by atoms with Crippen LogP contribution in [0.5, 0.6) is 0 Å². The van der Waals surface area contributed by atoms with Crippen molar-refractivity contribution >= 4 is 46.0 Å². The number of hydrogen-bond acceptors (Lipinski definition) is 3. The Kier molecular flexibility index (Phi) is 7.87. The van der Waals surface area contributed by atoms with Crippen molar-refractivity contribution in [3.8, 4) is 0 Å². The van der Waals surface area contributed by atoms with Gasteiger partial charge in [-0.1, -0.05) is 22.0 Å². The predicted molar refractivity (Wildman–Crippen MR) is 86.9 cm³/mol. The largest absolute Gasteiger partial charge is 0.355 e. The van der Waals surface area contributed by atoms with Gasteiger partial charge in [-0.2, -0.15) is 0 Å². The molecule has 1 aliphatic rings. The standard InChI is InChI=1S/C13H16BrFN2OS.ClH/c14-10-4-3-9(11(15)6-10)2-1-5-16-13(18)12-7-19-8-17-12;/h3-4,6,12,17H,1-2,5,7-8H2,(H,16,18);1H. The summed E-state index contributed by atoms with van der Waals surface area (Å²) in [4.78, 5) is 11.7. The third kappa shape index (κ3) is 5.24. The fourth-order valence-corrected chi connectivity index (χ4v) is 3.18. The van der Waals surface area contributed by atoms with E-state index in [-0.39, 0.29) is 30.2 Å². The molecule has 0 aromatic heterocycles. The minimum atomic E-state index is -0.199. The monoisotopic (exact) mass is 382 g/mol. The first-order valence-corrected chi connectivity index (χ1v) is 8.14. The van der Waals surface area contributed by atoms with Gasteiger partial charge in [0, 0.05) is 22.6 Å². The Balaban J connectivity index is 0.00000200. The summed E-state index contributed by atoms with van der Waals surface area (Å²) in [6.45, 7) is 0.581. The molecule has 1 heterocycles. The summed E-state index contributed by atoms with van der Waals surface area (Å²) in [6.07, 6.45) is 1.37. The molecule has 1 saturated heterocycles. The van der Waals surface area contributed by atoms with Crippen LogP contribution in [-0.2, 0) is 11.2 Å². The van der Waals surface area contributed by atoms with Crippen LogP contribution in [0.4, 0.5) is 4.39 Å². The Morgan fingerprint density at radius 1 is 1.55 bits per heavy atom. The molecule has 1 amide bonds. The second-order valence-corrected chi connectivity index (χ2v) is 6.35. The van der Waals surface area contributed by atoms with Crippen molar-refractivity contribution in [3.63, 3.8) is 0 Å². The Morgan fingerprint density at radius 2 is 2.35 bits per heavy atom. The van der Waals surface area contributed by atoms with E-state index in [0.717, 1.165) is 22.5 Å². The zero-order valence-electron chi connectivity index (χ0n) is 10.8. The summed E-state index contributed by atoms with van der Waals surface area (Å²) < 4.78 is 14.3. The molecule has 1 aromatic rings. The highest BCUT2D eigenvalue weighted by Crippen LogP contribution is 2.16. The number of amides is 1. The van der Waals surface area contributed by atoms with Gasteiger partial charge >= 0.3 is 0 Å². The Labute approximate surface area is 137 Å². The van der Waals surface area contributed by atoms with Gasteiger partial charge in [-0.05, 0) is 30.5 Å². The SMILES string of the molecule is Cl.O=C(NCCCc1ccc(Br)cc1F)C1CSCN1. The summed E-state index contributed by atoms with van der Waals surface area (Å²) >= 11 is 4.95. The minimum Gasteiger partial charge on any atom is -0.355 e. The van der Waals surface area contributed by atoms with E-state index in [4.69, 9.17) is 0 Å². The molecule has 0 bridgehead atoms. The van der Waals surface area contributed by atoms with Gasteiger partial charge < -0.3 is 5.32 Å². The number of benzene rings is 1. The maximum atomic E-state index is 13.6. The van der Waals surface area contributed by atoms with Crippen LogP contribution < -0.4 is 10.6 Å². The lowest BCUT2D eigenvalue weighted by molar-refractivity contribution is -0.122. The molecule has 20 heavy (non-hydrogen) atoms. The van der Waals surface area contributed by atoms with E-state index >= 15 is 0 Å². The third-order valence-corrected chi connectivity index (χ3v) is 4.40. The van der Waals surface area contributed by atoms with E-state index in [2.05, 4.69) is 26.6 Å².